The molecule has 0 radical (unpaired) electrons. The number of fused-ring (bicyclic) bond motifs is 1. The lowest BCUT2D eigenvalue weighted by Crippen LogP contribution is -2.55. The Morgan fingerprint density at radius 1 is 1.00 bits per heavy atom. The fraction of sp³-hybridized carbons (Fsp3) is 0.444. The van der Waals surface area contributed by atoms with Gasteiger partial charge in [-0.1, -0.05) is 6.07 Å². The van der Waals surface area contributed by atoms with Gasteiger partial charge >= 0.3 is 5.69 Å². The molecule has 0 N–H and O–H groups in total. The largest absolute Gasteiger partial charge is 0.493 e. The summed E-state index contributed by atoms with van der Waals surface area (Å²) in [7, 11) is 3.00. The van der Waals surface area contributed by atoms with Gasteiger partial charge in [0.15, 0.2) is 17.6 Å². The van der Waals surface area contributed by atoms with E-state index in [9.17, 15) is 23.2 Å². The van der Waals surface area contributed by atoms with Crippen LogP contribution in [0, 0.1) is 5.92 Å². The average Bonchev–Trinajstić information content (AvgIpc) is 3.76. The number of methoxy groups -OCH3 is 2. The summed E-state index contributed by atoms with van der Waals surface area (Å²) in [6, 6.07) is 9.22. The van der Waals surface area contributed by atoms with Crippen LogP contribution in [0.2, 0.25) is 0 Å². The molecule has 1 aromatic heterocycles. The molecule has 0 spiro atoms. The van der Waals surface area contributed by atoms with Crippen LogP contribution in [-0.4, -0.2) is 66.7 Å². The number of likely N-dealkylation sites (tertiary alicyclic amines) is 1. The molecule has 11 heteroatoms. The van der Waals surface area contributed by atoms with Gasteiger partial charge in [0.2, 0.25) is 5.91 Å². The molecule has 1 amide bonds. The van der Waals surface area contributed by atoms with Gasteiger partial charge in [0.25, 0.3) is 5.56 Å². The zero-order valence-corrected chi connectivity index (χ0v) is 21.2. The number of carbonyl (C=O) groups excluding carboxylic acids is 1. The van der Waals surface area contributed by atoms with Crippen molar-refractivity contribution in [3.63, 3.8) is 0 Å². The second kappa shape index (κ2) is 10.5. The van der Waals surface area contributed by atoms with Gasteiger partial charge in [-0.25, -0.2) is 13.6 Å². The number of carbonyl (C=O) groups is 1. The Hall–Kier alpha value is -3.89. The minimum absolute atomic E-state index is 0.0475. The van der Waals surface area contributed by atoms with E-state index in [-0.39, 0.29) is 35.5 Å². The van der Waals surface area contributed by atoms with Crippen molar-refractivity contribution in [2.75, 3.05) is 40.7 Å². The smallest absolute Gasteiger partial charge is 0.332 e. The van der Waals surface area contributed by atoms with E-state index in [1.54, 1.807) is 29.2 Å². The summed E-state index contributed by atoms with van der Waals surface area (Å²) < 4.78 is 44.8. The summed E-state index contributed by atoms with van der Waals surface area (Å²) in [6.45, 7) is -1.37. The highest BCUT2D eigenvalue weighted by Crippen LogP contribution is 2.35. The monoisotopic (exact) mass is 529 g/mol. The van der Waals surface area contributed by atoms with Crippen LogP contribution in [0.1, 0.15) is 24.4 Å². The molecule has 0 bridgehead atoms. The number of benzene rings is 2. The Labute approximate surface area is 217 Å². The van der Waals surface area contributed by atoms with Crippen molar-refractivity contribution in [1.82, 2.24) is 14.0 Å². The summed E-state index contributed by atoms with van der Waals surface area (Å²) in [5, 5.41) is 0.172. The molecule has 202 valence electrons. The Bertz CT molecular complexity index is 1470. The number of rotatable bonds is 10. The fourth-order valence-electron chi connectivity index (χ4n) is 4.77. The van der Waals surface area contributed by atoms with Crippen molar-refractivity contribution in [3.8, 4) is 17.2 Å². The molecule has 3 aromatic rings. The zero-order chi connectivity index (χ0) is 27.0. The molecule has 9 nitrogen and oxygen atoms in total. The van der Waals surface area contributed by atoms with Crippen LogP contribution < -0.4 is 25.5 Å². The lowest BCUT2D eigenvalue weighted by molar-refractivity contribution is -0.138. The first-order chi connectivity index (χ1) is 18.4. The first kappa shape index (κ1) is 25.7. The minimum Gasteiger partial charge on any atom is -0.493 e. The Morgan fingerprint density at radius 2 is 1.71 bits per heavy atom. The van der Waals surface area contributed by atoms with Gasteiger partial charge in [-0.2, -0.15) is 0 Å². The lowest BCUT2D eigenvalue weighted by atomic mass is 10.1. The van der Waals surface area contributed by atoms with Gasteiger partial charge in [-0.3, -0.25) is 18.7 Å². The Balaban J connectivity index is 1.58. The molecule has 5 rings (SSSR count). The van der Waals surface area contributed by atoms with Gasteiger partial charge in [-0.05, 0) is 48.7 Å². The van der Waals surface area contributed by atoms with E-state index in [1.165, 1.54) is 30.9 Å². The fourth-order valence-corrected chi connectivity index (χ4v) is 4.77. The molecular weight excluding hydrogens is 500 g/mol. The van der Waals surface area contributed by atoms with E-state index < -0.39 is 30.7 Å². The number of hydrogen-bond donors (Lipinski definition) is 0. The second-order valence-corrected chi connectivity index (χ2v) is 9.63. The van der Waals surface area contributed by atoms with E-state index >= 15 is 0 Å². The van der Waals surface area contributed by atoms with Crippen molar-refractivity contribution < 1.29 is 27.8 Å². The summed E-state index contributed by atoms with van der Waals surface area (Å²) in [4.78, 5) is 41.5. The molecular formula is C27H29F2N3O6. The first-order valence-corrected chi connectivity index (χ1v) is 12.5. The number of amides is 1. The molecule has 1 saturated heterocycles. The molecule has 1 saturated carbocycles. The Morgan fingerprint density at radius 3 is 2.34 bits per heavy atom. The number of alkyl halides is 2. The van der Waals surface area contributed by atoms with Gasteiger partial charge in [0.05, 0.1) is 37.7 Å². The average molecular weight is 530 g/mol. The van der Waals surface area contributed by atoms with E-state index in [1.807, 2.05) is 0 Å². The topological polar surface area (TPSA) is 92.0 Å². The summed E-state index contributed by atoms with van der Waals surface area (Å²) >= 11 is 0. The molecule has 2 aromatic carbocycles. The number of hydrogen-bond acceptors (Lipinski definition) is 6. The van der Waals surface area contributed by atoms with Gasteiger partial charge in [0, 0.05) is 19.0 Å². The van der Waals surface area contributed by atoms with Gasteiger partial charge < -0.3 is 19.1 Å². The quantitative estimate of drug-likeness (QED) is 0.401. The van der Waals surface area contributed by atoms with Gasteiger partial charge in [0.1, 0.15) is 19.1 Å². The van der Waals surface area contributed by atoms with E-state index in [0.29, 0.717) is 35.7 Å². The number of aromatic nitrogens is 2. The molecule has 2 heterocycles. The van der Waals surface area contributed by atoms with Crippen molar-refractivity contribution in [1.29, 1.82) is 0 Å². The molecule has 0 unspecified atom stereocenters. The predicted molar refractivity (Wildman–Crippen MR) is 136 cm³/mol. The maximum Gasteiger partial charge on any atom is 0.332 e. The molecule has 38 heavy (non-hydrogen) atoms. The first-order valence-electron chi connectivity index (χ1n) is 12.5. The van der Waals surface area contributed by atoms with Crippen LogP contribution in [0.25, 0.3) is 10.9 Å². The van der Waals surface area contributed by atoms with Crippen molar-refractivity contribution >= 4 is 16.8 Å². The third-order valence-electron chi connectivity index (χ3n) is 7.04. The van der Waals surface area contributed by atoms with Gasteiger partial charge in [-0.15, -0.1) is 0 Å². The van der Waals surface area contributed by atoms with Crippen molar-refractivity contribution in [2.45, 2.75) is 31.5 Å². The Kier molecular flexibility index (Phi) is 7.09. The molecule has 2 aliphatic rings. The third kappa shape index (κ3) is 4.72. The molecule has 2 fully saturated rings. The number of nitrogens with zero attached hydrogens (tertiary/aromatic N) is 3. The molecule has 0 atom stereocenters. The maximum absolute atomic E-state index is 13.7. The minimum atomic E-state index is -1.29. The highest BCUT2D eigenvalue weighted by molar-refractivity contribution is 5.82. The highest BCUT2D eigenvalue weighted by atomic mass is 19.1. The van der Waals surface area contributed by atoms with Crippen molar-refractivity contribution in [2.24, 2.45) is 5.92 Å². The third-order valence-corrected chi connectivity index (χ3v) is 7.04. The van der Waals surface area contributed by atoms with Crippen LogP contribution in [0.3, 0.4) is 0 Å². The van der Waals surface area contributed by atoms with Crippen LogP contribution in [0.4, 0.5) is 8.78 Å². The highest BCUT2D eigenvalue weighted by Gasteiger charge is 2.40. The van der Waals surface area contributed by atoms with Crippen LogP contribution in [0.5, 0.6) is 17.2 Å². The van der Waals surface area contributed by atoms with E-state index in [4.69, 9.17) is 14.2 Å². The summed E-state index contributed by atoms with van der Waals surface area (Å²) in [5.41, 5.74) is -0.0747. The van der Waals surface area contributed by atoms with Crippen LogP contribution in [0.15, 0.2) is 46.0 Å². The van der Waals surface area contributed by atoms with E-state index in [2.05, 4.69) is 0 Å². The number of halogens is 2. The summed E-state index contributed by atoms with van der Waals surface area (Å²) in [5.74, 6) is 1.24. The zero-order valence-electron chi connectivity index (χ0n) is 21.2. The second-order valence-electron chi connectivity index (χ2n) is 9.63. The SMILES string of the molecule is COc1ccc(Cn2c(=O)c3cc(OC(CF)CF)ccc3n(C3CN(C(=O)C4CC4)C3)c2=O)cc1OC. The predicted octanol–water partition coefficient (Wildman–Crippen LogP) is 2.71. The summed E-state index contributed by atoms with van der Waals surface area (Å²) in [6.07, 6.45) is 0.488. The standard InChI is InChI=1S/C27H29F2N3O6/c1-36-23-8-3-16(9-24(23)37-2)13-31-26(34)21-10-19(38-20(11-28)12-29)6-7-22(21)32(27(31)35)18-14-30(15-18)25(33)17-4-5-17/h3,6-10,17-18,20H,4-5,11-15H2,1-2H3. The van der Waals surface area contributed by atoms with E-state index in [0.717, 1.165) is 17.4 Å². The molecule has 1 aliphatic heterocycles. The van der Waals surface area contributed by atoms with Crippen molar-refractivity contribution in [3.05, 3.63) is 62.8 Å². The molecule has 1 aliphatic carbocycles. The normalized spacial score (nSPS) is 15.6. The maximum atomic E-state index is 13.7. The van der Waals surface area contributed by atoms with Crippen LogP contribution >= 0.6 is 0 Å². The number of ether oxygens (including phenoxy) is 3. The lowest BCUT2D eigenvalue weighted by Gasteiger charge is -2.40. The van der Waals surface area contributed by atoms with Crippen LogP contribution in [-0.2, 0) is 11.3 Å².